The second-order valence-electron chi connectivity index (χ2n) is 5.68. The zero-order valence-corrected chi connectivity index (χ0v) is 17.1. The van der Waals surface area contributed by atoms with Gasteiger partial charge in [0.25, 0.3) is 0 Å². The van der Waals surface area contributed by atoms with Crippen LogP contribution in [0.2, 0.25) is 0 Å². The van der Waals surface area contributed by atoms with Crippen molar-refractivity contribution in [2.45, 2.75) is 46.3 Å². The Kier molecular flexibility index (Phi) is 8.73. The number of hydrogen-bond acceptors (Lipinski definition) is 3. The van der Waals surface area contributed by atoms with E-state index in [-0.39, 0.29) is 24.0 Å². The Morgan fingerprint density at radius 1 is 1.25 bits per heavy atom. The monoisotopic (exact) mass is 442 g/mol. The summed E-state index contributed by atoms with van der Waals surface area (Å²) in [6.45, 7) is 7.47. The molecule has 0 aliphatic heterocycles. The van der Waals surface area contributed by atoms with Gasteiger partial charge >= 0.3 is 0 Å². The van der Waals surface area contributed by atoms with Crippen molar-refractivity contribution in [1.82, 2.24) is 25.4 Å². The molecule has 132 valence electrons. The van der Waals surface area contributed by atoms with E-state index in [4.69, 9.17) is 0 Å². The molecule has 24 heavy (non-hydrogen) atoms. The summed E-state index contributed by atoms with van der Waals surface area (Å²) < 4.78 is 1.98. The summed E-state index contributed by atoms with van der Waals surface area (Å²) in [5.74, 6) is 2.59. The molecule has 1 unspecified atom stereocenters. The number of nitrogens with one attached hydrogen (secondary N) is 2. The van der Waals surface area contributed by atoms with Crippen LogP contribution in [-0.2, 0) is 20.1 Å². The van der Waals surface area contributed by atoms with E-state index in [9.17, 15) is 0 Å². The van der Waals surface area contributed by atoms with Crippen LogP contribution in [-0.4, -0.2) is 26.8 Å². The van der Waals surface area contributed by atoms with Gasteiger partial charge in [-0.3, -0.25) is 0 Å². The van der Waals surface area contributed by atoms with Gasteiger partial charge in [-0.25, -0.2) is 4.99 Å². The Hall–Kier alpha value is -1.64. The van der Waals surface area contributed by atoms with Crippen LogP contribution in [0.3, 0.4) is 0 Å². The maximum Gasteiger partial charge on any atom is 0.192 e. The summed E-state index contributed by atoms with van der Waals surface area (Å²) in [6, 6.07) is 10.6. The standard InChI is InChI=1S/C17H26N6.HI/c1-5-13(2)20-17(18-11-15-9-7-6-8-10-15)19-12-16-22-21-14(3)23(16)4;/h6-10,13H,5,11-12H2,1-4H3,(H2,18,19,20);1H. The maximum absolute atomic E-state index is 4.67. The number of aliphatic imine (C=N–C) groups is 1. The largest absolute Gasteiger partial charge is 0.354 e. The lowest BCUT2D eigenvalue weighted by molar-refractivity contribution is 0.616. The fourth-order valence-electron chi connectivity index (χ4n) is 2.01. The fraction of sp³-hybridized carbons (Fsp3) is 0.471. The van der Waals surface area contributed by atoms with Gasteiger partial charge in [0, 0.05) is 13.1 Å². The predicted octanol–water partition coefficient (Wildman–Crippen LogP) is 2.78. The lowest BCUT2D eigenvalue weighted by atomic mass is 10.2. The van der Waals surface area contributed by atoms with E-state index in [2.05, 4.69) is 51.8 Å². The molecular weight excluding hydrogens is 415 g/mol. The van der Waals surface area contributed by atoms with Crippen molar-refractivity contribution in [3.63, 3.8) is 0 Å². The molecule has 1 aromatic heterocycles. The number of hydrogen-bond donors (Lipinski definition) is 2. The molecule has 0 aliphatic rings. The first-order valence-corrected chi connectivity index (χ1v) is 8.03. The Morgan fingerprint density at radius 2 is 1.96 bits per heavy atom. The van der Waals surface area contributed by atoms with Crippen molar-refractivity contribution in [2.75, 3.05) is 0 Å². The average molecular weight is 442 g/mol. The fourth-order valence-corrected chi connectivity index (χ4v) is 2.01. The van der Waals surface area contributed by atoms with Crippen LogP contribution in [0.5, 0.6) is 0 Å². The molecule has 0 amide bonds. The van der Waals surface area contributed by atoms with Gasteiger partial charge in [0.05, 0.1) is 13.1 Å². The number of aromatic nitrogens is 3. The van der Waals surface area contributed by atoms with Gasteiger partial charge in [0.2, 0.25) is 0 Å². The van der Waals surface area contributed by atoms with E-state index >= 15 is 0 Å². The molecule has 1 aromatic carbocycles. The number of benzene rings is 1. The molecular formula is C17H27IN6. The Bertz CT molecular complexity index is 638. The van der Waals surface area contributed by atoms with E-state index < -0.39 is 0 Å². The van der Waals surface area contributed by atoms with Crippen LogP contribution in [0.1, 0.15) is 37.5 Å². The van der Waals surface area contributed by atoms with Gasteiger partial charge in [-0.1, -0.05) is 37.3 Å². The minimum absolute atomic E-state index is 0. The Labute approximate surface area is 161 Å². The highest BCUT2D eigenvalue weighted by molar-refractivity contribution is 14.0. The highest BCUT2D eigenvalue weighted by atomic mass is 127. The second kappa shape index (κ2) is 10.3. The summed E-state index contributed by atoms with van der Waals surface area (Å²) >= 11 is 0. The smallest absolute Gasteiger partial charge is 0.192 e. The lowest BCUT2D eigenvalue weighted by Gasteiger charge is -2.17. The van der Waals surface area contributed by atoms with Gasteiger partial charge < -0.3 is 15.2 Å². The summed E-state index contributed by atoms with van der Waals surface area (Å²) in [5.41, 5.74) is 1.19. The van der Waals surface area contributed by atoms with Crippen LogP contribution in [0.25, 0.3) is 0 Å². The van der Waals surface area contributed by atoms with Crippen molar-refractivity contribution >= 4 is 29.9 Å². The molecule has 6 nitrogen and oxygen atoms in total. The molecule has 0 bridgehead atoms. The van der Waals surface area contributed by atoms with Crippen molar-refractivity contribution in [3.05, 3.63) is 47.5 Å². The van der Waals surface area contributed by atoms with E-state index in [0.717, 1.165) is 24.0 Å². The van der Waals surface area contributed by atoms with Crippen LogP contribution >= 0.6 is 24.0 Å². The first-order chi connectivity index (χ1) is 11.1. The van der Waals surface area contributed by atoms with Crippen LogP contribution in [0.4, 0.5) is 0 Å². The molecule has 1 heterocycles. The summed E-state index contributed by atoms with van der Waals surface area (Å²) in [6.07, 6.45) is 1.04. The molecule has 0 saturated carbocycles. The van der Waals surface area contributed by atoms with Crippen molar-refractivity contribution in [3.8, 4) is 0 Å². The number of halogens is 1. The number of aryl methyl sites for hydroxylation is 1. The molecule has 2 aromatic rings. The molecule has 0 aliphatic carbocycles. The second-order valence-corrected chi connectivity index (χ2v) is 5.68. The van der Waals surface area contributed by atoms with E-state index in [1.807, 2.05) is 36.7 Å². The zero-order valence-electron chi connectivity index (χ0n) is 14.8. The van der Waals surface area contributed by atoms with Crippen LogP contribution in [0.15, 0.2) is 35.3 Å². The summed E-state index contributed by atoms with van der Waals surface area (Å²) in [7, 11) is 1.97. The SMILES string of the molecule is CCC(C)NC(=NCc1ccccc1)NCc1nnc(C)n1C.I. The molecule has 7 heteroatoms. The third-order valence-corrected chi connectivity index (χ3v) is 3.85. The Balaban J connectivity index is 0.00000288. The lowest BCUT2D eigenvalue weighted by Crippen LogP contribution is -2.42. The van der Waals surface area contributed by atoms with Crippen molar-refractivity contribution in [2.24, 2.45) is 12.0 Å². The number of rotatable bonds is 6. The predicted molar refractivity (Wildman–Crippen MR) is 108 cm³/mol. The van der Waals surface area contributed by atoms with Gasteiger partial charge in [0.15, 0.2) is 11.8 Å². The summed E-state index contributed by atoms with van der Waals surface area (Å²) in [4.78, 5) is 4.67. The quantitative estimate of drug-likeness (QED) is 0.410. The molecule has 0 spiro atoms. The molecule has 0 radical (unpaired) electrons. The minimum atomic E-state index is 0. The van der Waals surface area contributed by atoms with Crippen LogP contribution < -0.4 is 10.6 Å². The van der Waals surface area contributed by atoms with Crippen LogP contribution in [0, 0.1) is 6.92 Å². The van der Waals surface area contributed by atoms with E-state index in [1.54, 1.807) is 0 Å². The topological polar surface area (TPSA) is 67.1 Å². The molecule has 1 atom stereocenters. The van der Waals surface area contributed by atoms with E-state index in [0.29, 0.717) is 19.1 Å². The first kappa shape index (κ1) is 20.4. The van der Waals surface area contributed by atoms with Gasteiger partial charge in [-0.05, 0) is 25.8 Å². The van der Waals surface area contributed by atoms with E-state index in [1.165, 1.54) is 5.56 Å². The first-order valence-electron chi connectivity index (χ1n) is 8.03. The average Bonchev–Trinajstić information content (AvgIpc) is 2.90. The molecule has 2 N–H and O–H groups in total. The molecule has 2 rings (SSSR count). The maximum atomic E-state index is 4.67. The highest BCUT2D eigenvalue weighted by Crippen LogP contribution is 2.01. The van der Waals surface area contributed by atoms with Gasteiger partial charge in [0.1, 0.15) is 5.82 Å². The van der Waals surface area contributed by atoms with Gasteiger partial charge in [-0.15, -0.1) is 34.2 Å². The van der Waals surface area contributed by atoms with Crippen molar-refractivity contribution in [1.29, 1.82) is 0 Å². The minimum Gasteiger partial charge on any atom is -0.354 e. The number of guanidine groups is 1. The van der Waals surface area contributed by atoms with Crippen molar-refractivity contribution < 1.29 is 0 Å². The summed E-state index contributed by atoms with van der Waals surface area (Å²) in [5, 5.41) is 15.0. The molecule has 0 saturated heterocycles. The van der Waals surface area contributed by atoms with Gasteiger partial charge in [-0.2, -0.15) is 0 Å². The third kappa shape index (κ3) is 6.10. The normalized spacial score (nSPS) is 12.4. The Morgan fingerprint density at radius 3 is 2.54 bits per heavy atom. The zero-order chi connectivity index (χ0) is 16.7. The molecule has 0 fully saturated rings. The highest BCUT2D eigenvalue weighted by Gasteiger charge is 2.08. The number of nitrogens with zero attached hydrogens (tertiary/aromatic N) is 4. The third-order valence-electron chi connectivity index (χ3n) is 3.85.